The predicted octanol–water partition coefficient (Wildman–Crippen LogP) is 0.881. The fraction of sp³-hybridized carbons (Fsp3) is 0.333. The Morgan fingerprint density at radius 2 is 2.20 bits per heavy atom. The molecular formula is C9H10FN3O2. The fourth-order valence-corrected chi connectivity index (χ4v) is 1.62. The molecule has 0 atom stereocenters. The minimum absolute atomic E-state index is 0.0506. The Morgan fingerprint density at radius 3 is 2.73 bits per heavy atom. The zero-order valence-corrected chi connectivity index (χ0v) is 7.89. The zero-order valence-electron chi connectivity index (χ0n) is 7.89. The molecule has 0 amide bonds. The Hall–Kier alpha value is -1.69. The highest BCUT2D eigenvalue weighted by Gasteiger charge is 2.28. The summed E-state index contributed by atoms with van der Waals surface area (Å²) in [6.45, 7) is 1.15. The average Bonchev–Trinajstić information content (AvgIpc) is 2.13. The van der Waals surface area contributed by atoms with Crippen molar-refractivity contribution in [3.8, 4) is 0 Å². The van der Waals surface area contributed by atoms with Crippen LogP contribution < -0.4 is 10.6 Å². The molecule has 2 N–H and O–H groups in total. The van der Waals surface area contributed by atoms with Crippen molar-refractivity contribution >= 4 is 11.4 Å². The Kier molecular flexibility index (Phi) is 2.28. The number of nitrogens with two attached hydrogens (primary N) is 1. The SMILES string of the molecule is NC1CN(c2ccc(F)cc2[N+](=O)[O-])C1. The minimum Gasteiger partial charge on any atom is -0.363 e. The summed E-state index contributed by atoms with van der Waals surface area (Å²) in [5.41, 5.74) is 5.80. The molecule has 0 aliphatic carbocycles. The maximum atomic E-state index is 12.8. The Bertz CT molecular complexity index is 404. The van der Waals surface area contributed by atoms with Gasteiger partial charge in [-0.3, -0.25) is 10.1 Å². The minimum atomic E-state index is -0.602. The van der Waals surface area contributed by atoms with Crippen molar-refractivity contribution < 1.29 is 9.31 Å². The molecule has 1 fully saturated rings. The Morgan fingerprint density at radius 1 is 1.53 bits per heavy atom. The number of anilines is 1. The van der Waals surface area contributed by atoms with Crippen LogP contribution in [0.3, 0.4) is 0 Å². The van der Waals surface area contributed by atoms with Crippen LogP contribution >= 0.6 is 0 Å². The molecule has 0 aromatic heterocycles. The lowest BCUT2D eigenvalue weighted by atomic mass is 10.1. The molecule has 1 aromatic carbocycles. The van der Waals surface area contributed by atoms with Crippen LogP contribution in [-0.4, -0.2) is 24.1 Å². The van der Waals surface area contributed by atoms with E-state index >= 15 is 0 Å². The number of nitro groups is 1. The summed E-state index contributed by atoms with van der Waals surface area (Å²) in [7, 11) is 0. The van der Waals surface area contributed by atoms with Gasteiger partial charge in [-0.05, 0) is 12.1 Å². The second kappa shape index (κ2) is 3.47. The van der Waals surface area contributed by atoms with Crippen LogP contribution in [0.25, 0.3) is 0 Å². The van der Waals surface area contributed by atoms with E-state index in [1.807, 2.05) is 0 Å². The quantitative estimate of drug-likeness (QED) is 0.582. The lowest BCUT2D eigenvalue weighted by Crippen LogP contribution is -2.56. The molecule has 1 heterocycles. The van der Waals surface area contributed by atoms with Crippen LogP contribution in [0.2, 0.25) is 0 Å². The van der Waals surface area contributed by atoms with Crippen molar-refractivity contribution in [2.75, 3.05) is 18.0 Å². The lowest BCUT2D eigenvalue weighted by molar-refractivity contribution is -0.384. The van der Waals surface area contributed by atoms with Gasteiger partial charge in [-0.2, -0.15) is 0 Å². The monoisotopic (exact) mass is 211 g/mol. The molecule has 0 radical (unpaired) electrons. The molecule has 1 aromatic rings. The Labute approximate surface area is 85.4 Å². The number of rotatable bonds is 2. The summed E-state index contributed by atoms with van der Waals surface area (Å²) in [4.78, 5) is 11.9. The third-order valence-electron chi connectivity index (χ3n) is 2.38. The van der Waals surface area contributed by atoms with Crippen LogP contribution in [0, 0.1) is 15.9 Å². The molecule has 5 nitrogen and oxygen atoms in total. The molecule has 80 valence electrons. The number of hydrogen-bond donors (Lipinski definition) is 1. The van der Waals surface area contributed by atoms with E-state index in [4.69, 9.17) is 5.73 Å². The maximum Gasteiger partial charge on any atom is 0.295 e. The summed E-state index contributed by atoms with van der Waals surface area (Å²) < 4.78 is 12.8. The second-order valence-electron chi connectivity index (χ2n) is 3.56. The second-order valence-corrected chi connectivity index (χ2v) is 3.56. The number of halogens is 1. The van der Waals surface area contributed by atoms with E-state index in [-0.39, 0.29) is 11.7 Å². The van der Waals surface area contributed by atoms with E-state index in [2.05, 4.69) is 0 Å². The van der Waals surface area contributed by atoms with E-state index in [1.54, 1.807) is 4.90 Å². The zero-order chi connectivity index (χ0) is 11.0. The molecule has 0 saturated carbocycles. The molecule has 1 aliphatic heterocycles. The third kappa shape index (κ3) is 1.75. The van der Waals surface area contributed by atoms with Crippen molar-refractivity contribution in [1.82, 2.24) is 0 Å². The van der Waals surface area contributed by atoms with Crippen LogP contribution in [0.1, 0.15) is 0 Å². The van der Waals surface area contributed by atoms with Crippen LogP contribution in [0.15, 0.2) is 18.2 Å². The molecular weight excluding hydrogens is 201 g/mol. The van der Waals surface area contributed by atoms with Gasteiger partial charge in [-0.15, -0.1) is 0 Å². The first-order valence-corrected chi connectivity index (χ1v) is 4.52. The largest absolute Gasteiger partial charge is 0.363 e. The molecule has 2 rings (SSSR count). The number of benzene rings is 1. The van der Waals surface area contributed by atoms with Crippen molar-refractivity contribution in [2.24, 2.45) is 5.73 Å². The normalized spacial score (nSPS) is 16.3. The molecule has 0 spiro atoms. The highest BCUT2D eigenvalue weighted by molar-refractivity contribution is 5.64. The number of hydrogen-bond acceptors (Lipinski definition) is 4. The highest BCUT2D eigenvalue weighted by atomic mass is 19.1. The Balaban J connectivity index is 2.34. The van der Waals surface area contributed by atoms with Gasteiger partial charge in [-0.1, -0.05) is 0 Å². The van der Waals surface area contributed by atoms with Crippen LogP contribution in [0.5, 0.6) is 0 Å². The summed E-state index contributed by atoms with van der Waals surface area (Å²) in [6.07, 6.45) is 0. The van der Waals surface area contributed by atoms with Gasteiger partial charge >= 0.3 is 0 Å². The smallest absolute Gasteiger partial charge is 0.295 e. The molecule has 15 heavy (non-hydrogen) atoms. The summed E-state index contributed by atoms with van der Waals surface area (Å²) in [6, 6.07) is 3.61. The van der Waals surface area contributed by atoms with Crippen molar-refractivity contribution in [3.05, 3.63) is 34.1 Å². The number of nitrogens with zero attached hydrogens (tertiary/aromatic N) is 2. The van der Waals surface area contributed by atoms with Crippen LogP contribution in [0.4, 0.5) is 15.8 Å². The molecule has 0 bridgehead atoms. The third-order valence-corrected chi connectivity index (χ3v) is 2.38. The molecule has 1 saturated heterocycles. The number of nitro benzene ring substituents is 1. The topological polar surface area (TPSA) is 72.4 Å². The standard InChI is InChI=1S/C9H10FN3O2/c10-6-1-2-8(9(3-6)13(14)15)12-4-7(11)5-12/h1-3,7H,4-5,11H2. The predicted molar refractivity (Wildman–Crippen MR) is 53.2 cm³/mol. The van der Waals surface area contributed by atoms with Gasteiger partial charge in [0.2, 0.25) is 0 Å². The van der Waals surface area contributed by atoms with Gasteiger partial charge in [0.05, 0.1) is 11.0 Å². The van der Waals surface area contributed by atoms with E-state index in [0.29, 0.717) is 18.8 Å². The molecule has 6 heteroatoms. The van der Waals surface area contributed by atoms with Gasteiger partial charge in [0.1, 0.15) is 11.5 Å². The van der Waals surface area contributed by atoms with Gasteiger partial charge in [0, 0.05) is 19.1 Å². The van der Waals surface area contributed by atoms with E-state index in [0.717, 1.165) is 6.07 Å². The highest BCUT2D eigenvalue weighted by Crippen LogP contribution is 2.31. The first kappa shape index (κ1) is 9.85. The first-order valence-electron chi connectivity index (χ1n) is 4.52. The lowest BCUT2D eigenvalue weighted by Gasteiger charge is -2.38. The van der Waals surface area contributed by atoms with Crippen molar-refractivity contribution in [2.45, 2.75) is 6.04 Å². The van der Waals surface area contributed by atoms with Gasteiger partial charge < -0.3 is 10.6 Å². The van der Waals surface area contributed by atoms with Crippen molar-refractivity contribution in [1.29, 1.82) is 0 Å². The summed E-state index contributed by atoms with van der Waals surface area (Å²) in [5.74, 6) is -0.602. The van der Waals surface area contributed by atoms with Gasteiger partial charge in [-0.25, -0.2) is 4.39 Å². The van der Waals surface area contributed by atoms with Gasteiger partial charge in [0.25, 0.3) is 5.69 Å². The first-order chi connectivity index (χ1) is 7.08. The van der Waals surface area contributed by atoms with E-state index in [1.165, 1.54) is 12.1 Å². The van der Waals surface area contributed by atoms with E-state index in [9.17, 15) is 14.5 Å². The van der Waals surface area contributed by atoms with Crippen molar-refractivity contribution in [3.63, 3.8) is 0 Å². The molecule has 1 aliphatic rings. The summed E-state index contributed by atoms with van der Waals surface area (Å²) in [5, 5.41) is 10.7. The summed E-state index contributed by atoms with van der Waals surface area (Å²) >= 11 is 0. The van der Waals surface area contributed by atoms with E-state index < -0.39 is 10.7 Å². The average molecular weight is 211 g/mol. The fourth-order valence-electron chi connectivity index (χ4n) is 1.62. The maximum absolute atomic E-state index is 12.8. The molecule has 0 unspecified atom stereocenters. The van der Waals surface area contributed by atoms with Gasteiger partial charge in [0.15, 0.2) is 0 Å². The van der Waals surface area contributed by atoms with Crippen LogP contribution in [-0.2, 0) is 0 Å².